The van der Waals surface area contributed by atoms with E-state index in [-0.39, 0.29) is 6.09 Å². The van der Waals surface area contributed by atoms with Crippen LogP contribution in [0.15, 0.2) is 30.3 Å². The Morgan fingerprint density at radius 1 is 1.33 bits per heavy atom. The number of benzene rings is 1. The van der Waals surface area contributed by atoms with Crippen molar-refractivity contribution in [1.82, 2.24) is 20.1 Å². The molecule has 4 rings (SSSR count). The summed E-state index contributed by atoms with van der Waals surface area (Å²) in [5.74, 6) is 0.331. The first-order valence-corrected chi connectivity index (χ1v) is 8.17. The average molecular weight is 324 g/mol. The van der Waals surface area contributed by atoms with Crippen LogP contribution in [0.25, 0.3) is 22.3 Å². The summed E-state index contributed by atoms with van der Waals surface area (Å²) in [7, 11) is 0. The van der Waals surface area contributed by atoms with Crippen molar-refractivity contribution in [3.05, 3.63) is 41.6 Å². The van der Waals surface area contributed by atoms with E-state index in [4.69, 9.17) is 4.74 Å². The number of nitrogens with one attached hydrogen (secondary N) is 2. The maximum Gasteiger partial charge on any atom is 0.410 e. The van der Waals surface area contributed by atoms with Crippen molar-refractivity contribution < 1.29 is 9.53 Å². The number of H-pyrrole nitrogens is 2. The van der Waals surface area contributed by atoms with Crippen molar-refractivity contribution in [3.63, 3.8) is 0 Å². The number of rotatable bonds is 3. The molecule has 2 N–H and O–H groups in total. The van der Waals surface area contributed by atoms with Crippen LogP contribution in [0, 0.1) is 5.92 Å². The molecule has 0 aliphatic carbocycles. The largest absolute Gasteiger partial charge is 0.449 e. The molecule has 1 aliphatic rings. The first-order chi connectivity index (χ1) is 11.6. The van der Waals surface area contributed by atoms with Crippen LogP contribution >= 0.6 is 0 Å². The van der Waals surface area contributed by atoms with Crippen molar-refractivity contribution in [1.29, 1.82) is 0 Å². The zero-order chi connectivity index (χ0) is 16.7. The smallest absolute Gasteiger partial charge is 0.410 e. The lowest BCUT2D eigenvalue weighted by atomic mass is 10.1. The first kappa shape index (κ1) is 14.8. The zero-order valence-corrected chi connectivity index (χ0v) is 13.8. The van der Waals surface area contributed by atoms with E-state index in [0.29, 0.717) is 25.6 Å². The minimum absolute atomic E-state index is 0.268. The molecule has 0 fully saturated rings. The minimum atomic E-state index is -0.268. The Morgan fingerprint density at radius 2 is 2.17 bits per heavy atom. The van der Waals surface area contributed by atoms with E-state index < -0.39 is 0 Å². The van der Waals surface area contributed by atoms with Crippen LogP contribution in [0.1, 0.15) is 25.1 Å². The van der Waals surface area contributed by atoms with Gasteiger partial charge in [0.2, 0.25) is 0 Å². The van der Waals surface area contributed by atoms with Gasteiger partial charge in [0.25, 0.3) is 0 Å². The number of aromatic amines is 2. The van der Waals surface area contributed by atoms with Gasteiger partial charge in [-0.05, 0) is 18.1 Å². The number of carbonyl (C=O) groups excluding carboxylic acids is 1. The van der Waals surface area contributed by atoms with Crippen LogP contribution in [-0.2, 0) is 17.8 Å². The third-order valence-corrected chi connectivity index (χ3v) is 4.23. The van der Waals surface area contributed by atoms with E-state index in [1.165, 1.54) is 0 Å². The van der Waals surface area contributed by atoms with E-state index in [2.05, 4.69) is 27.3 Å². The Kier molecular flexibility index (Phi) is 3.52. The lowest BCUT2D eigenvalue weighted by Crippen LogP contribution is -2.27. The second-order valence-electron chi connectivity index (χ2n) is 6.63. The van der Waals surface area contributed by atoms with Crippen molar-refractivity contribution in [2.75, 3.05) is 6.61 Å². The molecule has 0 atom stereocenters. The van der Waals surface area contributed by atoms with Crippen LogP contribution in [0.4, 0.5) is 4.79 Å². The predicted molar refractivity (Wildman–Crippen MR) is 91.3 cm³/mol. The second-order valence-corrected chi connectivity index (χ2v) is 6.63. The van der Waals surface area contributed by atoms with Crippen LogP contribution < -0.4 is 0 Å². The number of ether oxygens (including phenoxy) is 1. The monoisotopic (exact) mass is 324 g/mol. The molecule has 0 bridgehead atoms. The fourth-order valence-corrected chi connectivity index (χ4v) is 3.02. The fourth-order valence-electron chi connectivity index (χ4n) is 3.02. The molecule has 0 radical (unpaired) electrons. The van der Waals surface area contributed by atoms with Gasteiger partial charge in [-0.3, -0.25) is 10.00 Å². The molecule has 1 aliphatic heterocycles. The van der Waals surface area contributed by atoms with Crippen molar-refractivity contribution >= 4 is 17.0 Å². The highest BCUT2D eigenvalue weighted by Crippen LogP contribution is 2.32. The maximum absolute atomic E-state index is 12.2. The summed E-state index contributed by atoms with van der Waals surface area (Å²) in [5, 5.41) is 8.64. The van der Waals surface area contributed by atoms with Crippen LogP contribution in [0.5, 0.6) is 0 Å². The summed E-state index contributed by atoms with van der Waals surface area (Å²) in [6.07, 6.45) is -0.268. The van der Waals surface area contributed by atoms with E-state index in [1.807, 2.05) is 32.0 Å². The van der Waals surface area contributed by atoms with Gasteiger partial charge in [-0.2, -0.15) is 5.10 Å². The summed E-state index contributed by atoms with van der Waals surface area (Å²) in [6.45, 7) is 5.53. The standard InChI is InChI=1S/C18H20N4O2/c1-11(2)10-24-18(23)22-8-13-16(9-22)20-21-17(13)15-7-12-5-3-4-6-14(12)19-15/h3-7,11,19H,8-10H2,1-2H3,(H,20,21). The Bertz CT molecular complexity index is 860. The highest BCUT2D eigenvalue weighted by Gasteiger charge is 2.30. The highest BCUT2D eigenvalue weighted by molar-refractivity contribution is 5.86. The van der Waals surface area contributed by atoms with E-state index in [9.17, 15) is 4.79 Å². The van der Waals surface area contributed by atoms with E-state index >= 15 is 0 Å². The molecule has 6 heteroatoms. The highest BCUT2D eigenvalue weighted by atomic mass is 16.6. The molecule has 1 amide bonds. The van der Waals surface area contributed by atoms with E-state index in [1.54, 1.807) is 4.90 Å². The second kappa shape index (κ2) is 5.70. The molecule has 124 valence electrons. The maximum atomic E-state index is 12.2. The minimum Gasteiger partial charge on any atom is -0.449 e. The van der Waals surface area contributed by atoms with Crippen molar-refractivity contribution in [3.8, 4) is 11.4 Å². The molecule has 6 nitrogen and oxygen atoms in total. The molecule has 3 aromatic rings. The van der Waals surface area contributed by atoms with Crippen molar-refractivity contribution in [2.24, 2.45) is 5.92 Å². The summed E-state index contributed by atoms with van der Waals surface area (Å²) >= 11 is 0. The van der Waals surface area contributed by atoms with Crippen LogP contribution in [0.3, 0.4) is 0 Å². The van der Waals surface area contributed by atoms with Gasteiger partial charge in [0.15, 0.2) is 0 Å². The predicted octanol–water partition coefficient (Wildman–Crippen LogP) is 3.67. The number of fused-ring (bicyclic) bond motifs is 2. The molecular weight excluding hydrogens is 304 g/mol. The number of hydrogen-bond donors (Lipinski definition) is 2. The van der Waals surface area contributed by atoms with Gasteiger partial charge >= 0.3 is 6.09 Å². The summed E-state index contributed by atoms with van der Waals surface area (Å²) in [4.78, 5) is 17.3. The molecule has 0 saturated heterocycles. The van der Waals surface area contributed by atoms with Crippen LogP contribution in [-0.4, -0.2) is 32.8 Å². The topological polar surface area (TPSA) is 74.0 Å². The van der Waals surface area contributed by atoms with Gasteiger partial charge in [-0.1, -0.05) is 32.0 Å². The van der Waals surface area contributed by atoms with E-state index in [0.717, 1.165) is 33.5 Å². The van der Waals surface area contributed by atoms with Gasteiger partial charge in [-0.15, -0.1) is 0 Å². The number of aromatic nitrogens is 3. The van der Waals surface area contributed by atoms with Gasteiger partial charge in [0.05, 0.1) is 31.1 Å². The Balaban J connectivity index is 1.57. The normalized spacial score (nSPS) is 13.7. The average Bonchev–Trinajstić information content (AvgIpc) is 3.24. The summed E-state index contributed by atoms with van der Waals surface area (Å²) in [5.41, 5.74) is 4.95. The molecule has 0 unspecified atom stereocenters. The molecule has 24 heavy (non-hydrogen) atoms. The zero-order valence-electron chi connectivity index (χ0n) is 13.8. The Morgan fingerprint density at radius 3 is 2.96 bits per heavy atom. The molecule has 2 aromatic heterocycles. The third-order valence-electron chi connectivity index (χ3n) is 4.23. The SMILES string of the molecule is CC(C)COC(=O)N1Cc2[nH]nc(-c3cc4ccccc4[nH]3)c2C1. The van der Waals surface area contributed by atoms with Gasteiger partial charge in [-0.25, -0.2) is 4.79 Å². The molecule has 3 heterocycles. The number of nitrogens with zero attached hydrogens (tertiary/aromatic N) is 2. The number of hydrogen-bond acceptors (Lipinski definition) is 3. The Labute approximate surface area is 139 Å². The fraction of sp³-hybridized carbons (Fsp3) is 0.333. The first-order valence-electron chi connectivity index (χ1n) is 8.17. The molecular formula is C18H20N4O2. The molecule has 0 saturated carbocycles. The van der Waals surface area contributed by atoms with Gasteiger partial charge in [0, 0.05) is 16.5 Å². The number of carbonyl (C=O) groups is 1. The van der Waals surface area contributed by atoms with Crippen LogP contribution in [0.2, 0.25) is 0 Å². The van der Waals surface area contributed by atoms with Gasteiger partial charge < -0.3 is 9.72 Å². The molecule has 0 spiro atoms. The van der Waals surface area contributed by atoms with Crippen molar-refractivity contribution in [2.45, 2.75) is 26.9 Å². The lowest BCUT2D eigenvalue weighted by Gasteiger charge is -2.16. The summed E-state index contributed by atoms with van der Waals surface area (Å²) in [6, 6.07) is 10.2. The number of amides is 1. The quantitative estimate of drug-likeness (QED) is 0.772. The molecule has 1 aromatic carbocycles. The Hall–Kier alpha value is -2.76. The van der Waals surface area contributed by atoms with Gasteiger partial charge in [0.1, 0.15) is 5.69 Å². The number of para-hydroxylation sites is 1. The lowest BCUT2D eigenvalue weighted by molar-refractivity contribution is 0.0910. The third kappa shape index (κ3) is 2.54. The summed E-state index contributed by atoms with van der Waals surface area (Å²) < 4.78 is 5.33.